The van der Waals surface area contributed by atoms with Crippen LogP contribution in [0.2, 0.25) is 0 Å². The Balaban J connectivity index is 2.50. The van der Waals surface area contributed by atoms with Gasteiger partial charge in [0, 0.05) is 19.4 Å². The summed E-state index contributed by atoms with van der Waals surface area (Å²) in [6.45, 7) is 2.06. The van der Waals surface area contributed by atoms with Crippen LogP contribution in [-0.4, -0.2) is 7.11 Å². The number of alkyl halides is 1. The molecule has 5 heteroatoms. The summed E-state index contributed by atoms with van der Waals surface area (Å²) in [4.78, 5) is 1.36. The Kier molecular flexibility index (Phi) is 4.92. The lowest BCUT2D eigenvalue weighted by Crippen LogP contribution is -1.97. The number of ether oxygens (including phenoxy) is 1. The molecule has 2 rings (SSSR count). The topological polar surface area (TPSA) is 9.23 Å². The standard InChI is InChI=1S/C13H11Br3OS/c1-7-5-11(17-2)8(6-10(7)15)12(16)13-9(14)3-4-18-13/h3-6,12H,1-2H3. The molecule has 0 amide bonds. The van der Waals surface area contributed by atoms with Crippen molar-refractivity contribution in [3.8, 4) is 5.75 Å². The Bertz CT molecular complexity index is 565. The Hall–Kier alpha value is 0.160. The van der Waals surface area contributed by atoms with E-state index in [1.165, 1.54) is 10.4 Å². The molecule has 0 bridgehead atoms. The summed E-state index contributed by atoms with van der Waals surface area (Å²) >= 11 is 12.6. The number of halogens is 3. The van der Waals surface area contributed by atoms with Crippen LogP contribution in [0, 0.1) is 6.92 Å². The Morgan fingerprint density at radius 2 is 1.94 bits per heavy atom. The average Bonchev–Trinajstić information content (AvgIpc) is 2.77. The number of hydrogen-bond acceptors (Lipinski definition) is 2. The first kappa shape index (κ1) is 14.6. The molecule has 0 aliphatic carbocycles. The van der Waals surface area contributed by atoms with Crippen LogP contribution in [0.15, 0.2) is 32.5 Å². The second-order valence-corrected chi connectivity index (χ2v) is 7.41. The van der Waals surface area contributed by atoms with Gasteiger partial charge in [0.15, 0.2) is 0 Å². The summed E-state index contributed by atoms with van der Waals surface area (Å²) in [6, 6.07) is 6.22. The SMILES string of the molecule is COc1cc(C)c(Br)cc1C(Br)c1sccc1Br. The fourth-order valence-corrected chi connectivity index (χ4v) is 4.86. The molecule has 1 unspecified atom stereocenters. The highest BCUT2D eigenvalue weighted by atomic mass is 79.9. The van der Waals surface area contributed by atoms with E-state index in [2.05, 4.69) is 78.3 Å². The molecule has 0 radical (unpaired) electrons. The predicted octanol–water partition coefficient (Wildman–Crippen LogP) is 6.07. The van der Waals surface area contributed by atoms with E-state index in [4.69, 9.17) is 4.74 Å². The molecule has 18 heavy (non-hydrogen) atoms. The minimum atomic E-state index is 0.124. The quantitative estimate of drug-likeness (QED) is 0.511. The molecule has 1 aromatic carbocycles. The normalized spacial score (nSPS) is 12.5. The number of hydrogen-bond donors (Lipinski definition) is 0. The van der Waals surface area contributed by atoms with Gasteiger partial charge >= 0.3 is 0 Å². The van der Waals surface area contributed by atoms with Crippen molar-refractivity contribution in [1.82, 2.24) is 0 Å². The van der Waals surface area contributed by atoms with Gasteiger partial charge in [0.1, 0.15) is 5.75 Å². The molecular weight excluding hydrogens is 444 g/mol. The maximum Gasteiger partial charge on any atom is 0.123 e. The summed E-state index contributed by atoms with van der Waals surface area (Å²) in [5.41, 5.74) is 2.29. The van der Waals surface area contributed by atoms with Gasteiger partial charge in [-0.25, -0.2) is 0 Å². The highest BCUT2D eigenvalue weighted by molar-refractivity contribution is 9.11. The monoisotopic (exact) mass is 452 g/mol. The van der Waals surface area contributed by atoms with Crippen molar-refractivity contribution >= 4 is 59.1 Å². The smallest absolute Gasteiger partial charge is 0.123 e. The number of benzene rings is 1. The van der Waals surface area contributed by atoms with Crippen molar-refractivity contribution in [3.63, 3.8) is 0 Å². The molecule has 0 fully saturated rings. The minimum absolute atomic E-state index is 0.124. The third-order valence-electron chi connectivity index (χ3n) is 2.66. The Morgan fingerprint density at radius 1 is 1.22 bits per heavy atom. The minimum Gasteiger partial charge on any atom is -0.496 e. The molecular formula is C13H11Br3OS. The van der Waals surface area contributed by atoms with Crippen LogP contribution >= 0.6 is 59.1 Å². The second kappa shape index (κ2) is 6.07. The summed E-state index contributed by atoms with van der Waals surface area (Å²) in [5, 5.41) is 2.07. The van der Waals surface area contributed by atoms with E-state index < -0.39 is 0 Å². The van der Waals surface area contributed by atoms with Crippen molar-refractivity contribution in [2.24, 2.45) is 0 Å². The lowest BCUT2D eigenvalue weighted by atomic mass is 10.1. The van der Waals surface area contributed by atoms with Crippen molar-refractivity contribution < 1.29 is 4.74 Å². The van der Waals surface area contributed by atoms with E-state index in [0.717, 1.165) is 20.3 Å². The van der Waals surface area contributed by atoms with Crippen molar-refractivity contribution in [3.05, 3.63) is 48.5 Å². The molecule has 0 aliphatic heterocycles. The fraction of sp³-hybridized carbons (Fsp3) is 0.231. The largest absolute Gasteiger partial charge is 0.496 e. The molecule has 0 saturated carbocycles. The van der Waals surface area contributed by atoms with Crippen LogP contribution in [0.3, 0.4) is 0 Å². The van der Waals surface area contributed by atoms with Crippen LogP contribution in [0.1, 0.15) is 20.8 Å². The maximum atomic E-state index is 5.48. The highest BCUT2D eigenvalue weighted by Crippen LogP contribution is 2.43. The van der Waals surface area contributed by atoms with Crippen molar-refractivity contribution in [1.29, 1.82) is 0 Å². The molecule has 2 aromatic rings. The van der Waals surface area contributed by atoms with Crippen LogP contribution in [0.25, 0.3) is 0 Å². The van der Waals surface area contributed by atoms with Crippen LogP contribution in [0.5, 0.6) is 5.75 Å². The molecule has 1 atom stereocenters. The molecule has 0 aliphatic rings. The lowest BCUT2D eigenvalue weighted by Gasteiger charge is -2.15. The van der Waals surface area contributed by atoms with E-state index in [-0.39, 0.29) is 4.83 Å². The van der Waals surface area contributed by atoms with E-state index in [1.807, 2.05) is 0 Å². The Labute approximate surface area is 136 Å². The average molecular weight is 455 g/mol. The van der Waals surface area contributed by atoms with Gasteiger partial charge in [-0.3, -0.25) is 0 Å². The zero-order valence-electron chi connectivity index (χ0n) is 9.84. The number of thiophene rings is 1. The van der Waals surface area contributed by atoms with Gasteiger partial charge in [-0.2, -0.15) is 0 Å². The zero-order valence-corrected chi connectivity index (χ0v) is 15.4. The summed E-state index contributed by atoms with van der Waals surface area (Å²) < 4.78 is 7.69. The van der Waals surface area contributed by atoms with E-state index in [1.54, 1.807) is 18.4 Å². The number of aryl methyl sites for hydroxylation is 1. The third kappa shape index (κ3) is 2.84. The molecule has 0 N–H and O–H groups in total. The third-order valence-corrected chi connectivity index (χ3v) is 6.70. The predicted molar refractivity (Wildman–Crippen MR) is 88.2 cm³/mol. The first-order chi connectivity index (χ1) is 8.54. The van der Waals surface area contributed by atoms with Gasteiger partial charge in [-0.1, -0.05) is 31.9 Å². The van der Waals surface area contributed by atoms with E-state index in [9.17, 15) is 0 Å². The number of methoxy groups -OCH3 is 1. The van der Waals surface area contributed by atoms with E-state index in [0.29, 0.717) is 0 Å². The van der Waals surface area contributed by atoms with Gasteiger partial charge in [0.05, 0.1) is 11.9 Å². The fourth-order valence-electron chi connectivity index (χ4n) is 1.67. The van der Waals surface area contributed by atoms with Crippen LogP contribution < -0.4 is 4.74 Å². The number of rotatable bonds is 3. The summed E-state index contributed by atoms with van der Waals surface area (Å²) in [7, 11) is 1.70. The van der Waals surface area contributed by atoms with Gasteiger partial charge in [-0.15, -0.1) is 11.3 Å². The van der Waals surface area contributed by atoms with Gasteiger partial charge in [-0.05, 0) is 52.0 Å². The molecule has 1 aromatic heterocycles. The summed E-state index contributed by atoms with van der Waals surface area (Å²) in [5.74, 6) is 0.901. The van der Waals surface area contributed by atoms with Gasteiger partial charge in [0.2, 0.25) is 0 Å². The zero-order chi connectivity index (χ0) is 13.3. The van der Waals surface area contributed by atoms with E-state index >= 15 is 0 Å². The molecule has 1 heterocycles. The van der Waals surface area contributed by atoms with Crippen molar-refractivity contribution in [2.45, 2.75) is 11.8 Å². The highest BCUT2D eigenvalue weighted by Gasteiger charge is 2.20. The van der Waals surface area contributed by atoms with Crippen LogP contribution in [0.4, 0.5) is 0 Å². The molecule has 1 nitrogen and oxygen atoms in total. The second-order valence-electron chi connectivity index (χ2n) is 3.84. The first-order valence-corrected chi connectivity index (χ1v) is 8.63. The molecule has 0 spiro atoms. The lowest BCUT2D eigenvalue weighted by molar-refractivity contribution is 0.410. The molecule has 96 valence electrons. The Morgan fingerprint density at radius 3 is 2.50 bits per heavy atom. The maximum absolute atomic E-state index is 5.48. The van der Waals surface area contributed by atoms with Crippen LogP contribution in [-0.2, 0) is 0 Å². The van der Waals surface area contributed by atoms with Gasteiger partial charge in [0.25, 0.3) is 0 Å². The van der Waals surface area contributed by atoms with Crippen molar-refractivity contribution in [2.75, 3.05) is 7.11 Å². The molecule has 0 saturated heterocycles. The first-order valence-electron chi connectivity index (χ1n) is 5.25. The summed E-state index contributed by atoms with van der Waals surface area (Å²) in [6.07, 6.45) is 0. The van der Waals surface area contributed by atoms with Gasteiger partial charge < -0.3 is 4.74 Å².